The number of rotatable bonds is 5. The summed E-state index contributed by atoms with van der Waals surface area (Å²) < 4.78 is 41.7. The molecule has 1 aromatic heterocycles. The van der Waals surface area contributed by atoms with Gasteiger partial charge in [0, 0.05) is 11.6 Å². The molecule has 10 heteroatoms. The average molecular weight is 504 g/mol. The molecule has 0 bridgehead atoms. The summed E-state index contributed by atoms with van der Waals surface area (Å²) in [6, 6.07) is 12.2. The predicted molar refractivity (Wildman–Crippen MR) is 125 cm³/mol. The number of carbonyl (C=O) groups excluding carboxylic acids is 1. The monoisotopic (exact) mass is 503 g/mol. The van der Waals surface area contributed by atoms with Gasteiger partial charge in [0.1, 0.15) is 5.82 Å². The van der Waals surface area contributed by atoms with Crippen LogP contribution in [0.1, 0.15) is 60.1 Å². The van der Waals surface area contributed by atoms with Crippen molar-refractivity contribution in [1.29, 1.82) is 0 Å². The number of aryl methyl sites for hydroxylation is 1. The normalized spacial score (nSPS) is 19.1. The summed E-state index contributed by atoms with van der Waals surface area (Å²) in [6.45, 7) is 2.96. The molecule has 2 aliphatic rings. The first-order valence-corrected chi connectivity index (χ1v) is 11.9. The Balaban J connectivity index is 1.36. The van der Waals surface area contributed by atoms with Crippen molar-refractivity contribution in [3.05, 3.63) is 81.9 Å². The van der Waals surface area contributed by atoms with E-state index < -0.39 is 17.3 Å². The van der Waals surface area contributed by atoms with Gasteiger partial charge in [0.25, 0.3) is 0 Å². The highest BCUT2D eigenvalue weighted by atomic mass is 35.5. The molecule has 184 valence electrons. The fourth-order valence-electron chi connectivity index (χ4n) is 4.77. The summed E-state index contributed by atoms with van der Waals surface area (Å²) in [5.74, 6) is 1.44. The molecule has 6 nitrogen and oxygen atoms in total. The van der Waals surface area contributed by atoms with Crippen LogP contribution < -0.4 is 5.32 Å². The van der Waals surface area contributed by atoms with Crippen molar-refractivity contribution >= 4 is 17.6 Å². The van der Waals surface area contributed by atoms with Crippen LogP contribution in [0.4, 0.5) is 18.0 Å². The van der Waals surface area contributed by atoms with Gasteiger partial charge in [-0.3, -0.25) is 0 Å². The van der Waals surface area contributed by atoms with E-state index in [1.54, 1.807) is 11.0 Å². The van der Waals surface area contributed by atoms with Crippen molar-refractivity contribution in [1.82, 2.24) is 25.0 Å². The lowest BCUT2D eigenvalue weighted by molar-refractivity contribution is -0.137. The smallest absolute Gasteiger partial charge is 0.328 e. The van der Waals surface area contributed by atoms with Crippen LogP contribution in [0.2, 0.25) is 5.02 Å². The Morgan fingerprint density at radius 1 is 1.17 bits per heavy atom. The number of nitrogens with one attached hydrogen (secondary N) is 1. The number of benzene rings is 2. The minimum absolute atomic E-state index is 0.263. The molecule has 1 saturated carbocycles. The Morgan fingerprint density at radius 3 is 2.60 bits per heavy atom. The highest BCUT2D eigenvalue weighted by Crippen LogP contribution is 2.47. The molecular weight excluding hydrogens is 479 g/mol. The van der Waals surface area contributed by atoms with E-state index in [0.29, 0.717) is 42.3 Å². The predicted octanol–water partition coefficient (Wildman–Crippen LogP) is 5.84. The van der Waals surface area contributed by atoms with E-state index in [2.05, 4.69) is 15.5 Å². The van der Waals surface area contributed by atoms with Gasteiger partial charge in [-0.2, -0.15) is 13.2 Å². The second-order valence-electron chi connectivity index (χ2n) is 9.26. The summed E-state index contributed by atoms with van der Waals surface area (Å²) in [5.41, 5.74) is 0.0470. The molecule has 2 fully saturated rings. The van der Waals surface area contributed by atoms with E-state index in [0.717, 1.165) is 36.4 Å². The maximum absolute atomic E-state index is 13.4. The van der Waals surface area contributed by atoms with E-state index in [1.165, 1.54) is 6.07 Å². The summed E-state index contributed by atoms with van der Waals surface area (Å²) in [6.07, 6.45) is -1.68. The van der Waals surface area contributed by atoms with Gasteiger partial charge in [0.05, 0.1) is 23.7 Å². The van der Waals surface area contributed by atoms with Gasteiger partial charge in [0.15, 0.2) is 5.82 Å². The zero-order valence-electron chi connectivity index (χ0n) is 19.1. The fraction of sp³-hybridized carbons (Fsp3) is 0.400. The van der Waals surface area contributed by atoms with Gasteiger partial charge >= 0.3 is 12.2 Å². The summed E-state index contributed by atoms with van der Waals surface area (Å²) in [5, 5.41) is 12.3. The number of nitrogens with zero attached hydrogens (tertiary/aromatic N) is 4. The maximum atomic E-state index is 13.4. The number of likely N-dealkylation sites (tertiary alicyclic amines) is 1. The van der Waals surface area contributed by atoms with E-state index >= 15 is 0 Å². The molecule has 1 saturated heterocycles. The van der Waals surface area contributed by atoms with Crippen molar-refractivity contribution in [3.8, 4) is 0 Å². The van der Waals surface area contributed by atoms with Crippen molar-refractivity contribution in [2.75, 3.05) is 6.54 Å². The minimum atomic E-state index is -4.43. The molecule has 1 atom stereocenters. The minimum Gasteiger partial charge on any atom is -0.328 e. The Bertz CT molecular complexity index is 1240. The number of alkyl halides is 3. The summed E-state index contributed by atoms with van der Waals surface area (Å²) in [7, 11) is 0. The third-order valence-corrected chi connectivity index (χ3v) is 7.12. The molecule has 3 aromatic rings. The van der Waals surface area contributed by atoms with Gasteiger partial charge < -0.3 is 14.8 Å². The van der Waals surface area contributed by atoms with E-state index in [4.69, 9.17) is 11.6 Å². The van der Waals surface area contributed by atoms with Crippen molar-refractivity contribution in [3.63, 3.8) is 0 Å². The first-order valence-electron chi connectivity index (χ1n) is 11.6. The van der Waals surface area contributed by atoms with Crippen LogP contribution >= 0.6 is 11.6 Å². The Labute approximate surface area is 206 Å². The van der Waals surface area contributed by atoms with E-state index in [1.807, 2.05) is 35.8 Å². The van der Waals surface area contributed by atoms with Crippen LogP contribution in [0.25, 0.3) is 0 Å². The molecule has 1 unspecified atom stereocenters. The third-order valence-electron chi connectivity index (χ3n) is 6.87. The average Bonchev–Trinajstić information content (AvgIpc) is 3.28. The summed E-state index contributed by atoms with van der Waals surface area (Å²) in [4.78, 5) is 15.1. The highest BCUT2D eigenvalue weighted by molar-refractivity contribution is 6.30. The van der Waals surface area contributed by atoms with Crippen LogP contribution in [0, 0.1) is 6.92 Å². The molecule has 1 aliphatic carbocycles. The number of hydrogen-bond donors (Lipinski definition) is 1. The Morgan fingerprint density at radius 2 is 1.91 bits per heavy atom. The first kappa shape index (κ1) is 23.7. The number of amides is 2. The SMILES string of the molecule is Cc1nnc(C2CCCN2C(=O)NC2(c3cccc(C(F)(F)F)c3)CC2)n1Cc1ccc(Cl)cc1. The quantitative estimate of drug-likeness (QED) is 0.475. The first-order chi connectivity index (χ1) is 16.7. The number of carbonyl (C=O) groups is 1. The van der Waals surface area contributed by atoms with E-state index in [9.17, 15) is 18.0 Å². The second-order valence-corrected chi connectivity index (χ2v) is 9.70. The topological polar surface area (TPSA) is 63.1 Å². The van der Waals surface area contributed by atoms with Gasteiger partial charge in [-0.1, -0.05) is 35.9 Å². The molecule has 1 aliphatic heterocycles. The lowest BCUT2D eigenvalue weighted by Crippen LogP contribution is -2.45. The molecule has 1 N–H and O–H groups in total. The number of hydrogen-bond acceptors (Lipinski definition) is 3. The lowest BCUT2D eigenvalue weighted by atomic mass is 10.0. The number of aromatic nitrogens is 3. The molecular formula is C25H25ClF3N5O. The molecule has 0 radical (unpaired) electrons. The Kier molecular flexibility index (Phi) is 5.99. The second kappa shape index (κ2) is 8.86. The number of urea groups is 1. The molecule has 2 heterocycles. The lowest BCUT2D eigenvalue weighted by Gasteiger charge is -2.28. The largest absolute Gasteiger partial charge is 0.416 e. The van der Waals surface area contributed by atoms with Gasteiger partial charge in [-0.05, 0) is 68.0 Å². The van der Waals surface area contributed by atoms with Gasteiger partial charge in [0.2, 0.25) is 0 Å². The van der Waals surface area contributed by atoms with Crippen molar-refractivity contribution in [2.45, 2.75) is 56.9 Å². The summed E-state index contributed by atoms with van der Waals surface area (Å²) >= 11 is 6.01. The Hall–Kier alpha value is -3.07. The molecule has 2 aromatic carbocycles. The zero-order valence-corrected chi connectivity index (χ0v) is 19.9. The highest BCUT2D eigenvalue weighted by Gasteiger charge is 2.48. The van der Waals surface area contributed by atoms with Crippen LogP contribution in [-0.2, 0) is 18.3 Å². The van der Waals surface area contributed by atoms with Crippen LogP contribution in [0.15, 0.2) is 48.5 Å². The van der Waals surface area contributed by atoms with Crippen molar-refractivity contribution < 1.29 is 18.0 Å². The fourth-order valence-corrected chi connectivity index (χ4v) is 4.90. The van der Waals surface area contributed by atoms with Crippen LogP contribution in [-0.4, -0.2) is 32.2 Å². The van der Waals surface area contributed by atoms with Gasteiger partial charge in [-0.15, -0.1) is 10.2 Å². The van der Waals surface area contributed by atoms with Crippen LogP contribution in [0.3, 0.4) is 0 Å². The zero-order chi connectivity index (χ0) is 24.8. The molecule has 5 rings (SSSR count). The van der Waals surface area contributed by atoms with Crippen molar-refractivity contribution in [2.24, 2.45) is 0 Å². The molecule has 35 heavy (non-hydrogen) atoms. The molecule has 2 amide bonds. The third kappa shape index (κ3) is 4.74. The van der Waals surface area contributed by atoms with Crippen LogP contribution in [0.5, 0.6) is 0 Å². The van der Waals surface area contributed by atoms with E-state index in [-0.39, 0.29) is 12.1 Å². The number of halogens is 4. The van der Waals surface area contributed by atoms with Gasteiger partial charge in [-0.25, -0.2) is 4.79 Å². The standard InChI is InChI=1S/C25H25ClF3N5O/c1-16-31-32-22(34(16)15-17-7-9-20(26)10-8-17)21-6-3-13-33(21)23(35)30-24(11-12-24)18-4-2-5-19(14-18)25(27,28)29/h2,4-5,7-10,14,21H,3,6,11-13,15H2,1H3,(H,30,35). The molecule has 0 spiro atoms. The maximum Gasteiger partial charge on any atom is 0.416 e.